The van der Waals surface area contributed by atoms with Crippen molar-refractivity contribution in [3.63, 3.8) is 0 Å². The first-order valence-corrected chi connectivity index (χ1v) is 6.94. The highest BCUT2D eigenvalue weighted by Gasteiger charge is 2.17. The highest BCUT2D eigenvalue weighted by molar-refractivity contribution is 6.99. The highest BCUT2D eigenvalue weighted by atomic mass is 32.1. The van der Waals surface area contributed by atoms with Gasteiger partial charge < -0.3 is 14.8 Å². The molecule has 2 rings (SSSR count). The SMILES string of the molecule is CCCCOc1nsnc1OCC1CCCN1. The maximum atomic E-state index is 5.64. The van der Waals surface area contributed by atoms with E-state index in [4.69, 9.17) is 9.47 Å². The smallest absolute Gasteiger partial charge is 0.291 e. The van der Waals surface area contributed by atoms with E-state index in [1.54, 1.807) is 0 Å². The fourth-order valence-corrected chi connectivity index (χ4v) is 2.19. The number of nitrogens with one attached hydrogen (secondary N) is 1. The molecule has 6 heteroatoms. The lowest BCUT2D eigenvalue weighted by molar-refractivity contribution is 0.237. The Kier molecular flexibility index (Phi) is 5.00. The molecule has 5 nitrogen and oxygen atoms in total. The van der Waals surface area contributed by atoms with E-state index in [1.807, 2.05) is 0 Å². The van der Waals surface area contributed by atoms with Gasteiger partial charge in [0.15, 0.2) is 0 Å². The van der Waals surface area contributed by atoms with Crippen LogP contribution < -0.4 is 14.8 Å². The Morgan fingerprint density at radius 3 is 2.88 bits per heavy atom. The van der Waals surface area contributed by atoms with Gasteiger partial charge in [0, 0.05) is 6.04 Å². The van der Waals surface area contributed by atoms with Gasteiger partial charge in [-0.25, -0.2) is 0 Å². The predicted molar refractivity (Wildman–Crippen MR) is 66.8 cm³/mol. The van der Waals surface area contributed by atoms with Crippen molar-refractivity contribution in [1.82, 2.24) is 14.1 Å². The Morgan fingerprint density at radius 2 is 2.18 bits per heavy atom. The average molecular weight is 257 g/mol. The van der Waals surface area contributed by atoms with E-state index in [-0.39, 0.29) is 0 Å². The van der Waals surface area contributed by atoms with Crippen molar-refractivity contribution < 1.29 is 9.47 Å². The third-order valence-electron chi connectivity index (χ3n) is 2.75. The lowest BCUT2D eigenvalue weighted by Gasteiger charge is -2.10. The van der Waals surface area contributed by atoms with Gasteiger partial charge in [-0.2, -0.15) is 0 Å². The second kappa shape index (κ2) is 6.76. The Morgan fingerprint density at radius 1 is 1.35 bits per heavy atom. The van der Waals surface area contributed by atoms with Crippen LogP contribution in [-0.2, 0) is 0 Å². The lowest BCUT2D eigenvalue weighted by atomic mass is 10.2. The molecule has 1 atom stereocenters. The number of rotatable bonds is 7. The molecular formula is C11H19N3O2S. The van der Waals surface area contributed by atoms with Crippen LogP contribution in [0.4, 0.5) is 0 Å². The molecule has 1 saturated heterocycles. The van der Waals surface area contributed by atoms with Crippen molar-refractivity contribution >= 4 is 11.7 Å². The van der Waals surface area contributed by atoms with Crippen LogP contribution in [0.15, 0.2) is 0 Å². The van der Waals surface area contributed by atoms with Gasteiger partial charge in [0.1, 0.15) is 6.61 Å². The number of hydrogen-bond donors (Lipinski definition) is 1. The third kappa shape index (κ3) is 3.81. The van der Waals surface area contributed by atoms with Crippen molar-refractivity contribution in [2.75, 3.05) is 19.8 Å². The molecule has 1 aromatic rings. The van der Waals surface area contributed by atoms with Crippen LogP contribution in [0, 0.1) is 0 Å². The Balaban J connectivity index is 1.76. The molecule has 0 spiro atoms. The minimum Gasteiger partial charge on any atom is -0.473 e. The first kappa shape index (κ1) is 12.6. The monoisotopic (exact) mass is 257 g/mol. The van der Waals surface area contributed by atoms with Gasteiger partial charge in [-0.15, -0.1) is 8.75 Å². The molecule has 17 heavy (non-hydrogen) atoms. The molecule has 0 aromatic carbocycles. The van der Waals surface area contributed by atoms with Crippen molar-refractivity contribution in [3.05, 3.63) is 0 Å². The number of ether oxygens (including phenoxy) is 2. The molecule has 0 aliphatic carbocycles. The van der Waals surface area contributed by atoms with E-state index in [0.29, 0.717) is 31.0 Å². The van der Waals surface area contributed by atoms with Crippen LogP contribution in [0.2, 0.25) is 0 Å². The normalized spacial score (nSPS) is 19.5. The highest BCUT2D eigenvalue weighted by Crippen LogP contribution is 2.24. The number of nitrogens with zero attached hydrogens (tertiary/aromatic N) is 2. The van der Waals surface area contributed by atoms with Gasteiger partial charge >= 0.3 is 0 Å². The van der Waals surface area contributed by atoms with Crippen LogP contribution in [0.5, 0.6) is 11.8 Å². The summed E-state index contributed by atoms with van der Waals surface area (Å²) in [7, 11) is 0. The number of hydrogen-bond acceptors (Lipinski definition) is 6. The fraction of sp³-hybridized carbons (Fsp3) is 0.818. The van der Waals surface area contributed by atoms with Gasteiger partial charge in [0.2, 0.25) is 0 Å². The summed E-state index contributed by atoms with van der Waals surface area (Å²) < 4.78 is 19.4. The van der Waals surface area contributed by atoms with E-state index in [1.165, 1.54) is 12.8 Å². The standard InChI is InChI=1S/C11H19N3O2S/c1-2-3-7-15-10-11(14-17-13-10)16-8-9-5-4-6-12-9/h9,12H,2-8H2,1H3. The summed E-state index contributed by atoms with van der Waals surface area (Å²) in [5.74, 6) is 1.08. The maximum Gasteiger partial charge on any atom is 0.291 e. The maximum absolute atomic E-state index is 5.64. The Labute approximate surface area is 106 Å². The lowest BCUT2D eigenvalue weighted by Crippen LogP contribution is -2.28. The largest absolute Gasteiger partial charge is 0.473 e. The second-order valence-electron chi connectivity index (χ2n) is 4.18. The Bertz CT molecular complexity index is 326. The first-order valence-electron chi connectivity index (χ1n) is 6.21. The summed E-state index contributed by atoms with van der Waals surface area (Å²) in [6.45, 7) is 4.55. The van der Waals surface area contributed by atoms with Crippen LogP contribution in [0.3, 0.4) is 0 Å². The van der Waals surface area contributed by atoms with E-state index < -0.39 is 0 Å². The van der Waals surface area contributed by atoms with Gasteiger partial charge in [0.05, 0.1) is 18.3 Å². The third-order valence-corrected chi connectivity index (χ3v) is 3.25. The van der Waals surface area contributed by atoms with Gasteiger partial charge in [0.25, 0.3) is 11.8 Å². The van der Waals surface area contributed by atoms with Crippen molar-refractivity contribution in [3.8, 4) is 11.8 Å². The summed E-state index contributed by atoms with van der Waals surface area (Å²) in [6.07, 6.45) is 4.54. The van der Waals surface area contributed by atoms with E-state index in [0.717, 1.165) is 31.1 Å². The summed E-state index contributed by atoms with van der Waals surface area (Å²) in [6, 6.07) is 0.445. The summed E-state index contributed by atoms with van der Waals surface area (Å²) in [4.78, 5) is 0. The van der Waals surface area contributed by atoms with Gasteiger partial charge in [-0.3, -0.25) is 0 Å². The van der Waals surface area contributed by atoms with Crippen LogP contribution in [-0.4, -0.2) is 34.5 Å². The summed E-state index contributed by atoms with van der Waals surface area (Å²) in [5.41, 5.74) is 0. The molecule has 96 valence electrons. The zero-order valence-electron chi connectivity index (χ0n) is 10.1. The molecule has 0 amide bonds. The van der Waals surface area contributed by atoms with Gasteiger partial charge in [-0.1, -0.05) is 13.3 Å². The number of unbranched alkanes of at least 4 members (excludes halogenated alkanes) is 1. The first-order chi connectivity index (χ1) is 8.40. The van der Waals surface area contributed by atoms with Crippen LogP contribution >= 0.6 is 11.7 Å². The zero-order valence-corrected chi connectivity index (χ0v) is 11.0. The second-order valence-corrected chi connectivity index (χ2v) is 4.71. The zero-order chi connectivity index (χ0) is 11.9. The quantitative estimate of drug-likeness (QED) is 0.755. The molecule has 0 radical (unpaired) electrons. The molecule has 0 saturated carbocycles. The van der Waals surface area contributed by atoms with E-state index >= 15 is 0 Å². The van der Waals surface area contributed by atoms with Crippen LogP contribution in [0.1, 0.15) is 32.6 Å². The molecule has 1 aliphatic rings. The molecule has 1 aromatic heterocycles. The average Bonchev–Trinajstić information content (AvgIpc) is 2.97. The van der Waals surface area contributed by atoms with E-state index in [2.05, 4.69) is 21.0 Å². The molecular weight excluding hydrogens is 238 g/mol. The molecule has 0 bridgehead atoms. The van der Waals surface area contributed by atoms with Crippen molar-refractivity contribution in [2.24, 2.45) is 0 Å². The molecule has 1 unspecified atom stereocenters. The minimum atomic E-state index is 0.445. The topological polar surface area (TPSA) is 56.3 Å². The molecule has 1 fully saturated rings. The predicted octanol–water partition coefficient (Wildman–Crippen LogP) is 1.85. The fourth-order valence-electron chi connectivity index (χ4n) is 1.74. The Hall–Kier alpha value is -0.880. The van der Waals surface area contributed by atoms with Crippen molar-refractivity contribution in [1.29, 1.82) is 0 Å². The van der Waals surface area contributed by atoms with Gasteiger partial charge in [-0.05, 0) is 25.8 Å². The minimum absolute atomic E-state index is 0.445. The molecule has 1 aliphatic heterocycles. The van der Waals surface area contributed by atoms with Crippen molar-refractivity contribution in [2.45, 2.75) is 38.6 Å². The number of aromatic nitrogens is 2. The molecule has 1 N–H and O–H groups in total. The summed E-state index contributed by atoms with van der Waals surface area (Å²) >= 11 is 1.14. The van der Waals surface area contributed by atoms with Crippen LogP contribution in [0.25, 0.3) is 0 Å². The van der Waals surface area contributed by atoms with E-state index in [9.17, 15) is 0 Å². The molecule has 2 heterocycles. The summed E-state index contributed by atoms with van der Waals surface area (Å²) in [5, 5.41) is 3.38.